The lowest BCUT2D eigenvalue weighted by Gasteiger charge is -2.33. The molecule has 2 aromatic rings. The van der Waals surface area contributed by atoms with E-state index in [2.05, 4.69) is 31.9 Å². The number of amides is 1. The molecule has 0 spiro atoms. The van der Waals surface area contributed by atoms with Crippen molar-refractivity contribution < 1.29 is 22.8 Å². The van der Waals surface area contributed by atoms with Crippen LogP contribution in [0.3, 0.4) is 0 Å². The number of ketones is 1. The maximum absolute atomic E-state index is 13.1. The van der Waals surface area contributed by atoms with Gasteiger partial charge in [0, 0.05) is 18.5 Å². The smallest absolute Gasteiger partial charge is 0.308 e. The fraction of sp³-hybridized carbons (Fsp3) is 0.391. The summed E-state index contributed by atoms with van der Waals surface area (Å²) in [5.74, 6) is -1.79. The van der Waals surface area contributed by atoms with Crippen LogP contribution in [0.15, 0.2) is 48.5 Å². The van der Waals surface area contributed by atoms with Gasteiger partial charge in [-0.3, -0.25) is 9.59 Å². The molecule has 0 saturated heterocycles. The number of Topliss-reactive ketones (excluding diaryl/α,β-unsaturated/α-hetero) is 1. The average molecular weight is 561 g/mol. The number of nitrogens with zero attached hydrogens (tertiary/aromatic N) is 1. The van der Waals surface area contributed by atoms with Gasteiger partial charge in [0.15, 0.2) is 0 Å². The van der Waals surface area contributed by atoms with Crippen molar-refractivity contribution in [2.75, 3.05) is 4.90 Å². The lowest BCUT2D eigenvalue weighted by atomic mass is 9.95. The van der Waals surface area contributed by atoms with E-state index < -0.39 is 18.4 Å². The summed E-state index contributed by atoms with van der Waals surface area (Å²) < 4.78 is 36.9. The van der Waals surface area contributed by atoms with E-state index in [1.807, 2.05) is 48.5 Å². The van der Waals surface area contributed by atoms with Gasteiger partial charge in [0.1, 0.15) is 0 Å². The quantitative estimate of drug-likeness (QED) is 0.277. The molecule has 0 radical (unpaired) electrons. The number of hydrogen-bond acceptors (Lipinski definition) is 2. The molecule has 1 aliphatic rings. The Bertz CT molecular complexity index is 948. The van der Waals surface area contributed by atoms with Gasteiger partial charge in [0.05, 0.1) is 16.2 Å². The molecule has 0 aromatic heterocycles. The van der Waals surface area contributed by atoms with Crippen LogP contribution in [0.2, 0.25) is 0 Å². The molecule has 0 saturated carbocycles. The van der Waals surface area contributed by atoms with Crippen LogP contribution in [0, 0.1) is 0 Å². The highest BCUT2D eigenvalue weighted by atomic mass is 79.9. The lowest BCUT2D eigenvalue weighted by Crippen LogP contribution is -2.33. The summed E-state index contributed by atoms with van der Waals surface area (Å²) in [4.78, 5) is 25.9. The van der Waals surface area contributed by atoms with Gasteiger partial charge in [-0.2, -0.15) is 13.2 Å². The fourth-order valence-corrected chi connectivity index (χ4v) is 5.13. The van der Waals surface area contributed by atoms with Crippen molar-refractivity contribution in [2.45, 2.75) is 54.5 Å². The minimum absolute atomic E-state index is 0.0354. The summed E-state index contributed by atoms with van der Waals surface area (Å²) in [6.45, 7) is 0.417. The molecule has 0 N–H and O–H groups in total. The summed E-state index contributed by atoms with van der Waals surface area (Å²) in [5.41, 5.74) is 3.94. The predicted octanol–water partition coefficient (Wildman–Crippen LogP) is 7.19. The number of fused-ring (bicyclic) bond motifs is 2. The first kappa shape index (κ1) is 24.0. The van der Waals surface area contributed by atoms with Gasteiger partial charge >= 0.3 is 6.18 Å². The van der Waals surface area contributed by atoms with E-state index in [0.29, 0.717) is 19.4 Å². The number of rotatable bonds is 6. The Hall–Kier alpha value is -1.67. The van der Waals surface area contributed by atoms with E-state index in [4.69, 9.17) is 0 Å². The number of anilines is 1. The van der Waals surface area contributed by atoms with Crippen LogP contribution in [0.25, 0.3) is 0 Å². The maximum atomic E-state index is 13.1. The van der Waals surface area contributed by atoms with Crippen molar-refractivity contribution in [1.29, 1.82) is 0 Å². The zero-order valence-corrected chi connectivity index (χ0v) is 19.8. The molecule has 1 heterocycles. The number of carbonyl (C=O) groups is 2. The Labute approximate surface area is 196 Å². The second-order valence-electron chi connectivity index (χ2n) is 7.52. The Kier molecular flexibility index (Phi) is 7.97. The van der Waals surface area contributed by atoms with Crippen LogP contribution in [-0.2, 0) is 16.1 Å². The number of halogens is 5. The number of hydrogen-bond donors (Lipinski definition) is 0. The molecule has 3 nitrogen and oxygen atoms in total. The molecule has 2 atom stereocenters. The van der Waals surface area contributed by atoms with Crippen LogP contribution in [0.1, 0.15) is 58.4 Å². The third-order valence-corrected chi connectivity index (χ3v) is 8.13. The second kappa shape index (κ2) is 10.3. The van der Waals surface area contributed by atoms with E-state index in [1.54, 1.807) is 4.90 Å². The maximum Gasteiger partial charge on any atom is 0.449 e. The largest absolute Gasteiger partial charge is 0.449 e. The lowest BCUT2D eigenvalue weighted by molar-refractivity contribution is -0.171. The number of unbranched alkanes of at least 4 members (excludes halogenated alkanes) is 2. The topological polar surface area (TPSA) is 37.4 Å². The van der Waals surface area contributed by atoms with Crippen molar-refractivity contribution in [3.8, 4) is 0 Å². The zero-order chi connectivity index (χ0) is 22.6. The molecule has 2 unspecified atom stereocenters. The zero-order valence-electron chi connectivity index (χ0n) is 16.7. The van der Waals surface area contributed by atoms with Gasteiger partial charge in [0.25, 0.3) is 0 Å². The molecular weight excluding hydrogens is 539 g/mol. The van der Waals surface area contributed by atoms with Crippen molar-refractivity contribution in [3.63, 3.8) is 0 Å². The molecular formula is C23H22Br2F3NO2. The number of para-hydroxylation sites is 1. The van der Waals surface area contributed by atoms with Crippen LogP contribution < -0.4 is 4.90 Å². The van der Waals surface area contributed by atoms with Crippen LogP contribution in [-0.4, -0.2) is 17.9 Å². The second-order valence-corrected chi connectivity index (χ2v) is 9.50. The normalized spacial score (nSPS) is 18.5. The third-order valence-electron chi connectivity index (χ3n) is 5.37. The third kappa shape index (κ3) is 5.77. The average Bonchev–Trinajstić information content (AvgIpc) is 2.75. The molecule has 3 rings (SSSR count). The highest BCUT2D eigenvalue weighted by molar-refractivity contribution is 9.12. The van der Waals surface area contributed by atoms with E-state index >= 15 is 0 Å². The monoisotopic (exact) mass is 559 g/mol. The van der Waals surface area contributed by atoms with Crippen molar-refractivity contribution in [1.82, 2.24) is 0 Å². The van der Waals surface area contributed by atoms with E-state index in [9.17, 15) is 22.8 Å². The summed E-state index contributed by atoms with van der Waals surface area (Å²) in [6.07, 6.45) is -4.15. The predicted molar refractivity (Wildman–Crippen MR) is 122 cm³/mol. The van der Waals surface area contributed by atoms with Gasteiger partial charge in [-0.1, -0.05) is 80.7 Å². The fourth-order valence-electron chi connectivity index (χ4n) is 3.72. The minimum Gasteiger partial charge on any atom is -0.308 e. The Morgan fingerprint density at radius 1 is 0.871 bits per heavy atom. The number of alkyl halides is 5. The molecule has 0 aliphatic carbocycles. The molecule has 0 fully saturated rings. The van der Waals surface area contributed by atoms with Crippen LogP contribution in [0.5, 0.6) is 0 Å². The first-order valence-electron chi connectivity index (χ1n) is 10.1. The summed E-state index contributed by atoms with van der Waals surface area (Å²) in [6, 6.07) is 15.7. The highest BCUT2D eigenvalue weighted by Crippen LogP contribution is 2.48. The van der Waals surface area contributed by atoms with Gasteiger partial charge in [-0.15, -0.1) is 0 Å². The molecule has 166 valence electrons. The summed E-state index contributed by atoms with van der Waals surface area (Å²) >= 11 is 7.57. The first-order chi connectivity index (χ1) is 14.7. The Balaban J connectivity index is 1.73. The first-order valence-corrected chi connectivity index (χ1v) is 11.9. The molecule has 8 heteroatoms. The number of benzene rings is 2. The van der Waals surface area contributed by atoms with Crippen molar-refractivity contribution >= 4 is 49.2 Å². The van der Waals surface area contributed by atoms with E-state index in [0.717, 1.165) is 22.4 Å². The standard InChI is InChI=1S/C23H22Br2F3NO2/c24-21-16-9-5-4-8-15(16)14-29(18-11-7-6-10-17(18)22(21)25)20(31)13-3-1-2-12-19(30)23(26,27)28/h4-11,21-22H,1-3,12-14H2. The minimum atomic E-state index is -4.78. The summed E-state index contributed by atoms with van der Waals surface area (Å²) in [7, 11) is 0. The van der Waals surface area contributed by atoms with Gasteiger partial charge in [0.2, 0.25) is 11.7 Å². The molecule has 1 aliphatic heterocycles. The number of carbonyl (C=O) groups excluding carboxylic acids is 2. The van der Waals surface area contributed by atoms with E-state index in [1.165, 1.54) is 0 Å². The van der Waals surface area contributed by atoms with Crippen molar-refractivity contribution in [3.05, 3.63) is 65.2 Å². The molecule has 1 amide bonds. The van der Waals surface area contributed by atoms with Gasteiger partial charge in [-0.05, 0) is 35.6 Å². The Morgan fingerprint density at radius 2 is 1.45 bits per heavy atom. The highest BCUT2D eigenvalue weighted by Gasteiger charge is 2.37. The molecule has 0 bridgehead atoms. The molecule has 31 heavy (non-hydrogen) atoms. The van der Waals surface area contributed by atoms with Gasteiger partial charge < -0.3 is 4.90 Å². The van der Waals surface area contributed by atoms with Crippen LogP contribution >= 0.6 is 31.9 Å². The summed E-state index contributed by atoms with van der Waals surface area (Å²) in [5, 5.41) is 0. The van der Waals surface area contributed by atoms with Gasteiger partial charge in [-0.25, -0.2) is 0 Å². The van der Waals surface area contributed by atoms with Crippen molar-refractivity contribution in [2.24, 2.45) is 0 Å². The molecule has 2 aromatic carbocycles. The van der Waals surface area contributed by atoms with Crippen LogP contribution in [0.4, 0.5) is 18.9 Å². The van der Waals surface area contributed by atoms with E-state index in [-0.39, 0.29) is 28.4 Å². The Morgan fingerprint density at radius 3 is 2.16 bits per heavy atom. The SMILES string of the molecule is O=C(CCCCCC(=O)C(F)(F)F)N1Cc2ccccc2C(Br)C(Br)c2ccccc21.